The molecule has 100 valence electrons. The summed E-state index contributed by atoms with van der Waals surface area (Å²) in [7, 11) is 1.76. The van der Waals surface area contributed by atoms with E-state index in [4.69, 9.17) is 0 Å². The molecule has 19 heavy (non-hydrogen) atoms. The minimum Gasteiger partial charge on any atom is -0.294 e. The molecule has 0 spiro atoms. The molecular weight excluding hydrogens is 379 g/mol. The zero-order valence-corrected chi connectivity index (χ0v) is 13.5. The fourth-order valence-electron chi connectivity index (χ4n) is 1.83. The van der Waals surface area contributed by atoms with Crippen molar-refractivity contribution in [1.29, 1.82) is 0 Å². The van der Waals surface area contributed by atoms with Crippen molar-refractivity contribution in [2.75, 3.05) is 0 Å². The Hall–Kier alpha value is -1.01. The Bertz CT molecular complexity index is 652. The Balaban J connectivity index is 2.33. The van der Waals surface area contributed by atoms with Crippen molar-refractivity contribution in [2.24, 2.45) is 7.05 Å². The molecule has 0 radical (unpaired) electrons. The van der Waals surface area contributed by atoms with Gasteiger partial charge in [0.2, 0.25) is 0 Å². The Morgan fingerprint density at radius 2 is 2.11 bits per heavy atom. The van der Waals surface area contributed by atoms with Crippen LogP contribution in [0.1, 0.15) is 21.7 Å². The Kier molecular flexibility index (Phi) is 4.20. The molecule has 1 heterocycles. The number of hydrogen-bond donors (Lipinski definition) is 0. The SMILES string of the molecule is Cc1nn(C)c(CC(=O)c2cc(Br)ccc2F)c1Br. The molecular formula is C13H11Br2FN2O. The van der Waals surface area contributed by atoms with Crippen LogP contribution in [0.25, 0.3) is 0 Å². The van der Waals surface area contributed by atoms with E-state index in [9.17, 15) is 9.18 Å². The second-order valence-corrected chi connectivity index (χ2v) is 5.90. The van der Waals surface area contributed by atoms with Gasteiger partial charge in [0.25, 0.3) is 0 Å². The van der Waals surface area contributed by atoms with Crippen molar-refractivity contribution in [1.82, 2.24) is 9.78 Å². The predicted molar refractivity (Wildman–Crippen MR) is 77.8 cm³/mol. The van der Waals surface area contributed by atoms with Crippen LogP contribution in [0, 0.1) is 12.7 Å². The van der Waals surface area contributed by atoms with Gasteiger partial charge >= 0.3 is 0 Å². The van der Waals surface area contributed by atoms with Crippen LogP contribution in [0.2, 0.25) is 0 Å². The van der Waals surface area contributed by atoms with Crippen LogP contribution in [0.15, 0.2) is 27.1 Å². The number of aryl methyl sites for hydroxylation is 2. The molecule has 1 aromatic carbocycles. The summed E-state index contributed by atoms with van der Waals surface area (Å²) in [4.78, 5) is 12.2. The summed E-state index contributed by atoms with van der Waals surface area (Å²) >= 11 is 6.63. The van der Waals surface area contributed by atoms with E-state index in [0.29, 0.717) is 4.47 Å². The summed E-state index contributed by atoms with van der Waals surface area (Å²) in [5.74, 6) is -0.786. The molecule has 0 bridgehead atoms. The van der Waals surface area contributed by atoms with Crippen molar-refractivity contribution < 1.29 is 9.18 Å². The molecule has 2 rings (SSSR count). The Morgan fingerprint density at radius 3 is 2.68 bits per heavy atom. The molecule has 0 aliphatic heterocycles. The minimum absolute atomic E-state index is 0.0835. The van der Waals surface area contributed by atoms with E-state index in [1.54, 1.807) is 17.8 Å². The maximum atomic E-state index is 13.7. The second kappa shape index (κ2) is 5.54. The van der Waals surface area contributed by atoms with Crippen LogP contribution >= 0.6 is 31.9 Å². The van der Waals surface area contributed by atoms with Gasteiger partial charge in [-0.1, -0.05) is 15.9 Å². The molecule has 0 aliphatic rings. The van der Waals surface area contributed by atoms with E-state index in [2.05, 4.69) is 37.0 Å². The summed E-state index contributed by atoms with van der Waals surface area (Å²) in [6.45, 7) is 1.84. The zero-order valence-electron chi connectivity index (χ0n) is 10.4. The highest BCUT2D eigenvalue weighted by atomic mass is 79.9. The molecule has 0 amide bonds. The predicted octanol–water partition coefficient (Wildman–Crippen LogP) is 3.82. The van der Waals surface area contributed by atoms with Crippen LogP contribution < -0.4 is 0 Å². The average molecular weight is 390 g/mol. The van der Waals surface area contributed by atoms with E-state index < -0.39 is 5.82 Å². The highest BCUT2D eigenvalue weighted by Gasteiger charge is 2.18. The first-order valence-corrected chi connectivity index (χ1v) is 7.15. The van der Waals surface area contributed by atoms with Crippen molar-refractivity contribution in [3.63, 3.8) is 0 Å². The Labute approximate surface area is 127 Å². The minimum atomic E-state index is -0.511. The number of carbonyl (C=O) groups is 1. The molecule has 2 aromatic rings. The topological polar surface area (TPSA) is 34.9 Å². The van der Waals surface area contributed by atoms with Crippen molar-refractivity contribution in [3.05, 3.63) is 49.9 Å². The first kappa shape index (κ1) is 14.4. The lowest BCUT2D eigenvalue weighted by atomic mass is 10.1. The van der Waals surface area contributed by atoms with Crippen molar-refractivity contribution in [3.8, 4) is 0 Å². The summed E-state index contributed by atoms with van der Waals surface area (Å²) in [6.07, 6.45) is 0.102. The molecule has 0 N–H and O–H groups in total. The largest absolute Gasteiger partial charge is 0.294 e. The van der Waals surface area contributed by atoms with Gasteiger partial charge in [-0.05, 0) is 41.1 Å². The number of halogens is 3. The van der Waals surface area contributed by atoms with E-state index in [1.807, 2.05) is 6.92 Å². The third kappa shape index (κ3) is 2.95. The van der Waals surface area contributed by atoms with E-state index in [-0.39, 0.29) is 17.8 Å². The van der Waals surface area contributed by atoms with E-state index in [1.165, 1.54) is 12.1 Å². The smallest absolute Gasteiger partial charge is 0.171 e. The third-order valence-electron chi connectivity index (χ3n) is 2.82. The van der Waals surface area contributed by atoms with Gasteiger partial charge in [-0.25, -0.2) is 4.39 Å². The first-order valence-electron chi connectivity index (χ1n) is 5.56. The fraction of sp³-hybridized carbons (Fsp3) is 0.231. The molecule has 0 aliphatic carbocycles. The van der Waals surface area contributed by atoms with Crippen molar-refractivity contribution in [2.45, 2.75) is 13.3 Å². The van der Waals surface area contributed by atoms with Gasteiger partial charge in [-0.3, -0.25) is 9.48 Å². The van der Waals surface area contributed by atoms with Gasteiger partial charge in [0.05, 0.1) is 27.8 Å². The number of rotatable bonds is 3. The maximum Gasteiger partial charge on any atom is 0.171 e. The monoisotopic (exact) mass is 388 g/mol. The summed E-state index contributed by atoms with van der Waals surface area (Å²) in [5, 5.41) is 4.21. The summed E-state index contributed by atoms with van der Waals surface area (Å²) < 4.78 is 16.8. The van der Waals surface area contributed by atoms with Gasteiger partial charge in [0.1, 0.15) is 5.82 Å². The lowest BCUT2D eigenvalue weighted by Crippen LogP contribution is -2.10. The number of hydrogen-bond acceptors (Lipinski definition) is 2. The fourth-order valence-corrected chi connectivity index (χ4v) is 2.67. The molecule has 0 fully saturated rings. The van der Waals surface area contributed by atoms with Gasteiger partial charge in [0, 0.05) is 11.5 Å². The molecule has 1 aromatic heterocycles. The van der Waals surface area contributed by atoms with Gasteiger partial charge in [-0.15, -0.1) is 0 Å². The van der Waals surface area contributed by atoms with Crippen LogP contribution in [-0.4, -0.2) is 15.6 Å². The molecule has 0 saturated carbocycles. The second-order valence-electron chi connectivity index (χ2n) is 4.19. The summed E-state index contributed by atoms with van der Waals surface area (Å²) in [5.41, 5.74) is 1.63. The summed E-state index contributed by atoms with van der Waals surface area (Å²) in [6, 6.07) is 4.34. The number of Topliss-reactive ketones (excluding diaryl/α,β-unsaturated/α-hetero) is 1. The highest BCUT2D eigenvalue weighted by molar-refractivity contribution is 9.10. The molecule has 6 heteroatoms. The molecule has 0 unspecified atom stereocenters. The van der Waals surface area contributed by atoms with Crippen LogP contribution in [0.4, 0.5) is 4.39 Å². The lowest BCUT2D eigenvalue weighted by Gasteiger charge is -2.05. The number of ketones is 1. The van der Waals surface area contributed by atoms with E-state index >= 15 is 0 Å². The number of nitrogens with zero attached hydrogens (tertiary/aromatic N) is 2. The molecule has 3 nitrogen and oxygen atoms in total. The molecule has 0 atom stereocenters. The highest BCUT2D eigenvalue weighted by Crippen LogP contribution is 2.23. The molecule has 0 saturated heterocycles. The zero-order chi connectivity index (χ0) is 14.2. The average Bonchev–Trinajstić information content (AvgIpc) is 2.59. The van der Waals surface area contributed by atoms with Crippen LogP contribution in [0.3, 0.4) is 0 Å². The normalized spacial score (nSPS) is 10.8. The van der Waals surface area contributed by atoms with Crippen LogP contribution in [0.5, 0.6) is 0 Å². The lowest BCUT2D eigenvalue weighted by molar-refractivity contribution is 0.0986. The van der Waals surface area contributed by atoms with Crippen molar-refractivity contribution >= 4 is 37.6 Å². The van der Waals surface area contributed by atoms with Gasteiger partial charge in [0.15, 0.2) is 5.78 Å². The number of carbonyl (C=O) groups excluding carboxylic acids is 1. The standard InChI is InChI=1S/C13H11Br2FN2O/c1-7-13(15)11(18(2)17-7)6-12(19)9-5-8(14)3-4-10(9)16/h3-5H,6H2,1-2H3. The van der Waals surface area contributed by atoms with Gasteiger partial charge < -0.3 is 0 Å². The Morgan fingerprint density at radius 1 is 1.42 bits per heavy atom. The first-order chi connectivity index (χ1) is 8.90. The maximum absolute atomic E-state index is 13.7. The van der Waals surface area contributed by atoms with Crippen LogP contribution in [-0.2, 0) is 13.5 Å². The van der Waals surface area contributed by atoms with Gasteiger partial charge in [-0.2, -0.15) is 5.10 Å². The number of benzene rings is 1. The number of aromatic nitrogens is 2. The van der Waals surface area contributed by atoms with E-state index in [0.717, 1.165) is 15.9 Å². The quantitative estimate of drug-likeness (QED) is 0.748. The third-order valence-corrected chi connectivity index (χ3v) is 4.34.